The zero-order valence-corrected chi connectivity index (χ0v) is 12.2. The number of carbonyl (C=O) groups excluding carboxylic acids is 1. The van der Waals surface area contributed by atoms with Gasteiger partial charge in [-0.2, -0.15) is 8.75 Å². The van der Waals surface area contributed by atoms with Gasteiger partial charge in [0.2, 0.25) is 0 Å². The van der Waals surface area contributed by atoms with E-state index in [1.165, 1.54) is 17.4 Å². The quantitative estimate of drug-likeness (QED) is 0.777. The molecular weight excluding hydrogens is 327 g/mol. The minimum atomic E-state index is -0.347. The van der Waals surface area contributed by atoms with Crippen LogP contribution in [0.1, 0.15) is 10.5 Å². The monoisotopic (exact) mass is 330 g/mol. The summed E-state index contributed by atoms with van der Waals surface area (Å²) in [4.78, 5) is 15.9. The average Bonchev–Trinajstić information content (AvgIpc) is 3.04. The minimum Gasteiger partial charge on any atom is -0.317 e. The molecule has 0 spiro atoms. The molecule has 0 saturated heterocycles. The number of halogens is 2. The van der Waals surface area contributed by atoms with Gasteiger partial charge >= 0.3 is 0 Å². The van der Waals surface area contributed by atoms with Crippen molar-refractivity contribution in [2.24, 2.45) is 0 Å². The lowest BCUT2D eigenvalue weighted by molar-refractivity contribution is 0.102. The molecule has 0 aliphatic carbocycles. The number of carbonyl (C=O) groups is 1. The third-order valence-electron chi connectivity index (χ3n) is 2.35. The van der Waals surface area contributed by atoms with Crippen LogP contribution < -0.4 is 5.32 Å². The molecule has 0 bridgehead atoms. The second kappa shape index (κ2) is 5.01. The van der Waals surface area contributed by atoms with Crippen molar-refractivity contribution in [3.8, 4) is 0 Å². The van der Waals surface area contributed by atoms with E-state index in [0.717, 1.165) is 11.7 Å². The summed E-state index contributed by atoms with van der Waals surface area (Å²) in [6.07, 6.45) is 0. The summed E-state index contributed by atoms with van der Waals surface area (Å²) in [7, 11) is 0. The van der Waals surface area contributed by atoms with E-state index in [0.29, 0.717) is 32.5 Å². The van der Waals surface area contributed by atoms with Crippen LogP contribution in [-0.4, -0.2) is 19.6 Å². The number of benzene rings is 1. The molecule has 5 nitrogen and oxygen atoms in total. The predicted molar refractivity (Wildman–Crippen MR) is 77.5 cm³/mol. The summed E-state index contributed by atoms with van der Waals surface area (Å²) in [5.41, 5.74) is 3.30. The normalized spacial score (nSPS) is 10.8. The van der Waals surface area contributed by atoms with Crippen LogP contribution in [-0.2, 0) is 0 Å². The van der Waals surface area contributed by atoms with Gasteiger partial charge in [-0.3, -0.25) is 4.79 Å². The van der Waals surface area contributed by atoms with Gasteiger partial charge in [0.25, 0.3) is 5.91 Å². The first-order chi connectivity index (χ1) is 9.16. The van der Waals surface area contributed by atoms with Gasteiger partial charge in [-0.05, 0) is 6.07 Å². The third-order valence-corrected chi connectivity index (χ3v) is 4.05. The van der Waals surface area contributed by atoms with Gasteiger partial charge in [0.05, 0.1) is 33.0 Å². The topological polar surface area (TPSA) is 67.8 Å². The zero-order chi connectivity index (χ0) is 13.4. The number of thiazole rings is 1. The number of fused-ring (bicyclic) bond motifs is 1. The lowest BCUT2D eigenvalue weighted by Crippen LogP contribution is -2.12. The Hall–Kier alpha value is -1.28. The van der Waals surface area contributed by atoms with Gasteiger partial charge in [0, 0.05) is 5.38 Å². The van der Waals surface area contributed by atoms with E-state index in [1.807, 2.05) is 0 Å². The molecule has 0 saturated carbocycles. The van der Waals surface area contributed by atoms with E-state index >= 15 is 0 Å². The minimum absolute atomic E-state index is 0.314. The summed E-state index contributed by atoms with van der Waals surface area (Å²) in [6.45, 7) is 0. The number of nitrogens with zero attached hydrogens (tertiary/aromatic N) is 3. The Bertz CT molecular complexity index is 756. The summed E-state index contributed by atoms with van der Waals surface area (Å²) in [6, 6.07) is 1.53. The summed E-state index contributed by atoms with van der Waals surface area (Å²) in [5.74, 6) is -0.347. The Morgan fingerprint density at radius 2 is 2.00 bits per heavy atom. The van der Waals surface area contributed by atoms with Crippen LogP contribution in [0.4, 0.5) is 5.69 Å². The van der Waals surface area contributed by atoms with E-state index in [-0.39, 0.29) is 5.91 Å². The van der Waals surface area contributed by atoms with Gasteiger partial charge in [-0.1, -0.05) is 23.2 Å². The fourth-order valence-corrected chi connectivity index (χ4v) is 3.19. The maximum atomic E-state index is 12.0. The molecule has 3 aromatic rings. The van der Waals surface area contributed by atoms with Crippen LogP contribution in [0.3, 0.4) is 0 Å². The van der Waals surface area contributed by atoms with E-state index in [9.17, 15) is 4.79 Å². The molecule has 1 aromatic carbocycles. The molecule has 0 unspecified atom stereocenters. The fourth-order valence-electron chi connectivity index (χ4n) is 1.50. The largest absolute Gasteiger partial charge is 0.317 e. The number of amides is 1. The molecule has 2 heterocycles. The predicted octanol–water partition coefficient (Wildman–Crippen LogP) is 3.71. The lowest BCUT2D eigenvalue weighted by atomic mass is 10.2. The Kier molecular flexibility index (Phi) is 3.36. The smallest absolute Gasteiger partial charge is 0.275 e. The number of hydrogen-bond acceptors (Lipinski definition) is 6. The Morgan fingerprint density at radius 3 is 2.74 bits per heavy atom. The van der Waals surface area contributed by atoms with E-state index < -0.39 is 0 Å². The molecule has 2 aromatic heterocycles. The number of aromatic nitrogens is 3. The van der Waals surface area contributed by atoms with Crippen LogP contribution >= 0.6 is 46.3 Å². The van der Waals surface area contributed by atoms with Gasteiger partial charge < -0.3 is 5.32 Å². The third kappa shape index (κ3) is 2.30. The first kappa shape index (κ1) is 12.7. The van der Waals surface area contributed by atoms with Gasteiger partial charge in [0.15, 0.2) is 0 Å². The molecule has 0 radical (unpaired) electrons. The standard InChI is InChI=1S/C10H4Cl2N4OS2/c11-4-1-5(12)8-9(16-19-15-8)7(4)14-10(17)6-2-18-3-13-6/h1-3H,(H,14,17). The van der Waals surface area contributed by atoms with Gasteiger partial charge in [-0.15, -0.1) is 11.3 Å². The van der Waals surface area contributed by atoms with Gasteiger partial charge in [0.1, 0.15) is 16.7 Å². The molecule has 0 aliphatic heterocycles. The van der Waals surface area contributed by atoms with E-state index in [1.54, 1.807) is 10.9 Å². The SMILES string of the molecule is O=C(Nc1c(Cl)cc(Cl)c2nsnc12)c1cscn1. The molecular formula is C10H4Cl2N4OS2. The molecule has 3 rings (SSSR count). The highest BCUT2D eigenvalue weighted by molar-refractivity contribution is 7.07. The van der Waals surface area contributed by atoms with Crippen LogP contribution in [0.15, 0.2) is 17.0 Å². The van der Waals surface area contributed by atoms with Crippen LogP contribution in [0, 0.1) is 0 Å². The van der Waals surface area contributed by atoms with E-state index in [2.05, 4.69) is 19.0 Å². The Morgan fingerprint density at radius 1 is 1.21 bits per heavy atom. The highest BCUT2D eigenvalue weighted by Gasteiger charge is 2.17. The van der Waals surface area contributed by atoms with Crippen molar-refractivity contribution >= 4 is 68.9 Å². The van der Waals surface area contributed by atoms with Crippen molar-refractivity contribution in [3.63, 3.8) is 0 Å². The van der Waals surface area contributed by atoms with Crippen molar-refractivity contribution in [2.75, 3.05) is 5.32 Å². The number of hydrogen-bond donors (Lipinski definition) is 1. The van der Waals surface area contributed by atoms with Crippen LogP contribution in [0.25, 0.3) is 11.0 Å². The second-order valence-electron chi connectivity index (χ2n) is 3.50. The van der Waals surface area contributed by atoms with Crippen molar-refractivity contribution in [1.82, 2.24) is 13.7 Å². The lowest BCUT2D eigenvalue weighted by Gasteiger charge is -2.07. The highest BCUT2D eigenvalue weighted by Crippen LogP contribution is 2.35. The molecule has 1 N–H and O–H groups in total. The highest BCUT2D eigenvalue weighted by atomic mass is 35.5. The van der Waals surface area contributed by atoms with E-state index in [4.69, 9.17) is 23.2 Å². The molecule has 96 valence electrons. The number of rotatable bonds is 2. The average molecular weight is 331 g/mol. The molecule has 0 aliphatic rings. The van der Waals surface area contributed by atoms with Gasteiger partial charge in [-0.25, -0.2) is 4.98 Å². The Balaban J connectivity index is 2.06. The Labute approximate surface area is 125 Å². The first-order valence-electron chi connectivity index (χ1n) is 4.96. The van der Waals surface area contributed by atoms with Crippen LogP contribution in [0.5, 0.6) is 0 Å². The maximum Gasteiger partial charge on any atom is 0.275 e. The molecule has 0 fully saturated rings. The first-order valence-corrected chi connectivity index (χ1v) is 7.39. The summed E-state index contributed by atoms with van der Waals surface area (Å²) in [5, 5.41) is 5.05. The van der Waals surface area contributed by atoms with Crippen molar-refractivity contribution in [2.45, 2.75) is 0 Å². The molecule has 9 heteroatoms. The molecule has 19 heavy (non-hydrogen) atoms. The van der Waals surface area contributed by atoms with Crippen molar-refractivity contribution in [1.29, 1.82) is 0 Å². The second-order valence-corrected chi connectivity index (χ2v) is 5.57. The maximum absolute atomic E-state index is 12.0. The fraction of sp³-hybridized carbons (Fsp3) is 0. The number of anilines is 1. The van der Waals surface area contributed by atoms with Crippen LogP contribution in [0.2, 0.25) is 10.0 Å². The van der Waals surface area contributed by atoms with Crippen molar-refractivity contribution in [3.05, 3.63) is 32.7 Å². The number of nitrogens with one attached hydrogen (secondary N) is 1. The van der Waals surface area contributed by atoms with Crippen molar-refractivity contribution < 1.29 is 4.79 Å². The molecule has 0 atom stereocenters. The summed E-state index contributed by atoms with van der Waals surface area (Å²) >= 11 is 14.4. The zero-order valence-electron chi connectivity index (χ0n) is 9.05. The molecule has 1 amide bonds. The summed E-state index contributed by atoms with van der Waals surface area (Å²) < 4.78 is 8.17.